The van der Waals surface area contributed by atoms with Crippen molar-refractivity contribution in [2.75, 3.05) is 24.2 Å². The lowest BCUT2D eigenvalue weighted by atomic mass is 9.99. The molecule has 226 valence electrons. The first-order valence-corrected chi connectivity index (χ1v) is 15.9. The number of ether oxygens (including phenoxy) is 1. The zero-order valence-corrected chi connectivity index (χ0v) is 26.3. The quantitative estimate of drug-likeness (QED) is 0.297. The Kier molecular flexibility index (Phi) is 11.2. The molecule has 2 amide bonds. The predicted molar refractivity (Wildman–Crippen MR) is 168 cm³/mol. The molecule has 0 aliphatic rings. The van der Waals surface area contributed by atoms with Crippen LogP contribution in [0.5, 0.6) is 5.75 Å². The maximum Gasteiger partial charge on any atom is 0.243 e. The Morgan fingerprint density at radius 1 is 0.929 bits per heavy atom. The van der Waals surface area contributed by atoms with E-state index in [-0.39, 0.29) is 37.7 Å². The van der Waals surface area contributed by atoms with Crippen molar-refractivity contribution in [3.63, 3.8) is 0 Å². The first-order valence-electron chi connectivity index (χ1n) is 14.1. The summed E-state index contributed by atoms with van der Waals surface area (Å²) in [6.07, 6.45) is 1.85. The summed E-state index contributed by atoms with van der Waals surface area (Å²) < 4.78 is 31.8. The largest absolute Gasteiger partial charge is 0.497 e. The molecule has 3 rings (SSSR count). The second-order valence-corrected chi connectivity index (χ2v) is 13.4. The Hall–Kier alpha value is -3.85. The average Bonchev–Trinajstić information content (AvgIpc) is 2.93. The molecule has 0 saturated heterocycles. The van der Waals surface area contributed by atoms with Crippen molar-refractivity contribution in [2.45, 2.75) is 65.1 Å². The van der Waals surface area contributed by atoms with Crippen molar-refractivity contribution in [1.29, 1.82) is 0 Å². The Morgan fingerprint density at radius 2 is 1.55 bits per heavy atom. The molecule has 1 atom stereocenters. The van der Waals surface area contributed by atoms with E-state index in [1.165, 1.54) is 4.31 Å². The topological polar surface area (TPSA) is 96.0 Å². The molecule has 0 saturated carbocycles. The number of amides is 2. The van der Waals surface area contributed by atoms with E-state index >= 15 is 0 Å². The fraction of sp³-hybridized carbons (Fsp3) is 0.394. The number of carbonyl (C=O) groups is 2. The number of carbonyl (C=O) groups excluding carboxylic acids is 2. The molecule has 0 aromatic heterocycles. The number of hydrogen-bond donors (Lipinski definition) is 1. The van der Waals surface area contributed by atoms with Gasteiger partial charge in [-0.3, -0.25) is 13.9 Å². The third-order valence-electron chi connectivity index (χ3n) is 6.88. The molecule has 1 N–H and O–H groups in total. The summed E-state index contributed by atoms with van der Waals surface area (Å²) in [6, 6.07) is 23.5. The van der Waals surface area contributed by atoms with Crippen LogP contribution < -0.4 is 14.4 Å². The van der Waals surface area contributed by atoms with Gasteiger partial charge in [0.1, 0.15) is 11.8 Å². The molecule has 8 nitrogen and oxygen atoms in total. The van der Waals surface area contributed by atoms with Gasteiger partial charge < -0.3 is 15.0 Å². The predicted octanol–water partition coefficient (Wildman–Crippen LogP) is 5.10. The lowest BCUT2D eigenvalue weighted by Gasteiger charge is -2.34. The van der Waals surface area contributed by atoms with Crippen LogP contribution in [-0.2, 0) is 32.6 Å². The Labute approximate surface area is 250 Å². The fourth-order valence-electron chi connectivity index (χ4n) is 4.73. The van der Waals surface area contributed by atoms with E-state index in [1.807, 2.05) is 82.3 Å². The van der Waals surface area contributed by atoms with Gasteiger partial charge >= 0.3 is 0 Å². The summed E-state index contributed by atoms with van der Waals surface area (Å²) in [5, 5.41) is 3.07. The van der Waals surface area contributed by atoms with Crippen molar-refractivity contribution in [1.82, 2.24) is 10.2 Å². The number of nitrogens with one attached hydrogen (secondary N) is 1. The van der Waals surface area contributed by atoms with E-state index in [2.05, 4.69) is 5.32 Å². The number of sulfonamides is 1. The fourth-order valence-corrected chi connectivity index (χ4v) is 5.70. The van der Waals surface area contributed by atoms with Gasteiger partial charge in [0.05, 0.1) is 19.1 Å². The number of anilines is 1. The molecule has 9 heteroatoms. The second-order valence-electron chi connectivity index (χ2n) is 11.5. The van der Waals surface area contributed by atoms with Crippen LogP contribution in [0.4, 0.5) is 5.69 Å². The minimum absolute atomic E-state index is 0.0716. The van der Waals surface area contributed by atoms with Crippen molar-refractivity contribution < 1.29 is 22.7 Å². The Bertz CT molecular complexity index is 1430. The minimum Gasteiger partial charge on any atom is -0.497 e. The normalized spacial score (nSPS) is 12.3. The van der Waals surface area contributed by atoms with Gasteiger partial charge in [-0.2, -0.15) is 0 Å². The molecule has 0 heterocycles. The number of nitrogens with zero attached hydrogens (tertiary/aromatic N) is 2. The van der Waals surface area contributed by atoms with Crippen molar-refractivity contribution >= 4 is 27.5 Å². The lowest BCUT2D eigenvalue weighted by molar-refractivity contribution is -0.142. The van der Waals surface area contributed by atoms with Gasteiger partial charge in [-0.1, -0.05) is 54.6 Å². The standard InChI is InChI=1S/C33H43N3O5S/c1-25-13-10-11-16-27(25)24-35(30(32(38)34-33(2,3)4)23-26-14-8-7-9-15-26)31(37)17-12-22-36(42(6,39)40)28-18-20-29(41-5)21-19-28/h7-11,13-16,18-21,30H,12,17,22-24H2,1-6H3,(H,34,38)/t30-/m1/s1. The number of aryl methyl sites for hydroxylation is 1. The Balaban J connectivity index is 1.90. The molecule has 0 bridgehead atoms. The zero-order chi connectivity index (χ0) is 30.9. The van der Waals surface area contributed by atoms with Gasteiger partial charge in [0, 0.05) is 31.5 Å². The summed E-state index contributed by atoms with van der Waals surface area (Å²) in [5.41, 5.74) is 2.92. The smallest absolute Gasteiger partial charge is 0.243 e. The Morgan fingerprint density at radius 3 is 2.12 bits per heavy atom. The van der Waals surface area contributed by atoms with E-state index in [1.54, 1.807) is 36.3 Å². The SMILES string of the molecule is COc1ccc(N(CCCC(=O)N(Cc2ccccc2C)[C@H](Cc2ccccc2)C(=O)NC(C)(C)C)S(C)(=O)=O)cc1. The van der Waals surface area contributed by atoms with Gasteiger partial charge in [0.2, 0.25) is 21.8 Å². The first kappa shape index (κ1) is 32.7. The summed E-state index contributed by atoms with van der Waals surface area (Å²) in [5.74, 6) is 0.169. The highest BCUT2D eigenvalue weighted by molar-refractivity contribution is 7.92. The molecule has 0 radical (unpaired) electrons. The van der Waals surface area contributed by atoms with Gasteiger partial charge in [0.25, 0.3) is 0 Å². The van der Waals surface area contributed by atoms with Crippen LogP contribution in [0.3, 0.4) is 0 Å². The van der Waals surface area contributed by atoms with Crippen LogP contribution in [0.15, 0.2) is 78.9 Å². The highest BCUT2D eigenvalue weighted by Gasteiger charge is 2.32. The molecule has 0 unspecified atom stereocenters. The maximum atomic E-state index is 14.0. The molecule has 42 heavy (non-hydrogen) atoms. The molecular formula is C33H43N3O5S. The third-order valence-corrected chi connectivity index (χ3v) is 8.08. The number of hydrogen-bond acceptors (Lipinski definition) is 5. The van der Waals surface area contributed by atoms with E-state index in [4.69, 9.17) is 4.74 Å². The van der Waals surface area contributed by atoms with Crippen molar-refractivity contribution in [2.24, 2.45) is 0 Å². The van der Waals surface area contributed by atoms with Gasteiger partial charge in [-0.05, 0) is 75.1 Å². The summed E-state index contributed by atoms with van der Waals surface area (Å²) in [4.78, 5) is 29.4. The number of benzene rings is 3. The summed E-state index contributed by atoms with van der Waals surface area (Å²) in [7, 11) is -2.05. The van der Waals surface area contributed by atoms with Crippen LogP contribution in [0.25, 0.3) is 0 Å². The molecule has 3 aromatic rings. The van der Waals surface area contributed by atoms with E-state index in [0.29, 0.717) is 17.9 Å². The third kappa shape index (κ3) is 9.62. The van der Waals surface area contributed by atoms with Gasteiger partial charge in [0.15, 0.2) is 0 Å². The molecular weight excluding hydrogens is 550 g/mol. The molecule has 0 aliphatic heterocycles. The second kappa shape index (κ2) is 14.4. The van der Waals surface area contributed by atoms with Crippen LogP contribution in [0, 0.1) is 6.92 Å². The molecule has 3 aromatic carbocycles. The molecule has 0 aliphatic carbocycles. The van der Waals surface area contributed by atoms with Crippen LogP contribution in [0.1, 0.15) is 50.3 Å². The minimum atomic E-state index is -3.60. The first-order chi connectivity index (χ1) is 19.8. The van der Waals surface area contributed by atoms with Crippen LogP contribution in [0.2, 0.25) is 0 Å². The highest BCUT2D eigenvalue weighted by atomic mass is 32.2. The van der Waals surface area contributed by atoms with Crippen molar-refractivity contribution in [3.05, 3.63) is 95.6 Å². The van der Waals surface area contributed by atoms with Crippen molar-refractivity contribution in [3.8, 4) is 5.75 Å². The monoisotopic (exact) mass is 593 g/mol. The lowest BCUT2D eigenvalue weighted by Crippen LogP contribution is -2.54. The average molecular weight is 594 g/mol. The van der Waals surface area contributed by atoms with Gasteiger partial charge in [-0.25, -0.2) is 8.42 Å². The highest BCUT2D eigenvalue weighted by Crippen LogP contribution is 2.23. The van der Waals surface area contributed by atoms with E-state index in [9.17, 15) is 18.0 Å². The molecule has 0 fully saturated rings. The number of methoxy groups -OCH3 is 1. The summed E-state index contributed by atoms with van der Waals surface area (Å²) >= 11 is 0. The van der Waals surface area contributed by atoms with Crippen LogP contribution in [-0.4, -0.2) is 56.6 Å². The van der Waals surface area contributed by atoms with Gasteiger partial charge in [-0.15, -0.1) is 0 Å². The maximum absolute atomic E-state index is 14.0. The summed E-state index contributed by atoms with van der Waals surface area (Å²) in [6.45, 7) is 8.10. The van der Waals surface area contributed by atoms with E-state index in [0.717, 1.165) is 22.9 Å². The zero-order valence-electron chi connectivity index (χ0n) is 25.5. The van der Waals surface area contributed by atoms with Crippen LogP contribution >= 0.6 is 0 Å². The number of rotatable bonds is 13. The molecule has 0 spiro atoms. The van der Waals surface area contributed by atoms with E-state index < -0.39 is 21.6 Å².